The van der Waals surface area contributed by atoms with Crippen LogP contribution in [0.1, 0.15) is 16.8 Å². The third kappa shape index (κ3) is 3.07. The number of nitrogens with one attached hydrogen (secondary N) is 1. The molecule has 4 aromatic rings. The largest absolute Gasteiger partial charge is 0.396 e. The molecule has 0 amide bonds. The molecule has 0 unspecified atom stereocenters. The zero-order valence-electron chi connectivity index (χ0n) is 15.2. The van der Waals surface area contributed by atoms with Crippen molar-refractivity contribution in [3.05, 3.63) is 81.7 Å². The van der Waals surface area contributed by atoms with E-state index in [0.29, 0.717) is 34.3 Å². The molecular weight excluding hydrogens is 357 g/mol. The number of aromatic nitrogens is 3. The van der Waals surface area contributed by atoms with Gasteiger partial charge in [0.1, 0.15) is 11.6 Å². The Morgan fingerprint density at radius 2 is 1.86 bits per heavy atom. The fourth-order valence-corrected chi connectivity index (χ4v) is 3.34. The van der Waals surface area contributed by atoms with Crippen molar-refractivity contribution in [3.8, 4) is 11.1 Å². The lowest BCUT2D eigenvalue weighted by molar-refractivity contribution is 0.626. The number of nitrogen functional groups attached to an aromatic ring is 2. The van der Waals surface area contributed by atoms with E-state index in [4.69, 9.17) is 11.5 Å². The standard InChI is InChI=1S/C21H18FN5O/c1-11-17(10-25-20(24)19(11)23)13-6-12(7-14(22)9-13)8-18-15-4-2-3-5-16(15)21(28)27-26-18/h2-7,9-10H,8,23H2,1H3,(H2,24,25)(H,27,28). The molecule has 5 N–H and O–H groups in total. The van der Waals surface area contributed by atoms with E-state index in [9.17, 15) is 9.18 Å². The van der Waals surface area contributed by atoms with Gasteiger partial charge >= 0.3 is 0 Å². The van der Waals surface area contributed by atoms with Crippen LogP contribution in [0.15, 0.2) is 53.5 Å². The van der Waals surface area contributed by atoms with Gasteiger partial charge in [0.25, 0.3) is 5.56 Å². The van der Waals surface area contributed by atoms with Crippen LogP contribution in [-0.2, 0) is 6.42 Å². The first-order valence-electron chi connectivity index (χ1n) is 8.70. The summed E-state index contributed by atoms with van der Waals surface area (Å²) in [6, 6.07) is 12.0. The highest BCUT2D eigenvalue weighted by atomic mass is 19.1. The van der Waals surface area contributed by atoms with Crippen LogP contribution < -0.4 is 17.0 Å². The molecule has 0 aliphatic heterocycles. The maximum atomic E-state index is 14.4. The van der Waals surface area contributed by atoms with Gasteiger partial charge in [-0.1, -0.05) is 24.3 Å². The molecule has 140 valence electrons. The molecule has 0 aliphatic carbocycles. The third-order valence-corrected chi connectivity index (χ3v) is 4.83. The minimum absolute atomic E-state index is 0.252. The molecule has 2 aromatic heterocycles. The fourth-order valence-electron chi connectivity index (χ4n) is 3.34. The van der Waals surface area contributed by atoms with Crippen molar-refractivity contribution in [2.24, 2.45) is 0 Å². The fraction of sp³-hybridized carbons (Fsp3) is 0.0952. The van der Waals surface area contributed by atoms with Gasteiger partial charge in [-0.3, -0.25) is 4.79 Å². The van der Waals surface area contributed by atoms with Crippen LogP contribution in [0.25, 0.3) is 21.9 Å². The van der Waals surface area contributed by atoms with Crippen molar-refractivity contribution in [2.45, 2.75) is 13.3 Å². The Hall–Kier alpha value is -3.74. The van der Waals surface area contributed by atoms with Crippen molar-refractivity contribution >= 4 is 22.3 Å². The second-order valence-electron chi connectivity index (χ2n) is 6.67. The molecular formula is C21H18FN5O. The van der Waals surface area contributed by atoms with E-state index in [1.54, 1.807) is 18.3 Å². The normalized spacial score (nSPS) is 11.1. The highest BCUT2D eigenvalue weighted by Crippen LogP contribution is 2.31. The van der Waals surface area contributed by atoms with Gasteiger partial charge in [0, 0.05) is 23.6 Å². The second kappa shape index (κ2) is 6.77. The minimum atomic E-state index is -0.379. The maximum Gasteiger partial charge on any atom is 0.272 e. The Balaban J connectivity index is 1.80. The highest BCUT2D eigenvalue weighted by Gasteiger charge is 2.12. The molecule has 4 rings (SSSR count). The number of hydrogen-bond donors (Lipinski definition) is 3. The van der Waals surface area contributed by atoms with Crippen molar-refractivity contribution in [1.82, 2.24) is 15.2 Å². The summed E-state index contributed by atoms with van der Waals surface area (Å²) in [5.74, 6) is -0.127. The lowest BCUT2D eigenvalue weighted by atomic mass is 9.97. The smallest absolute Gasteiger partial charge is 0.272 e. The molecule has 6 nitrogen and oxygen atoms in total. The van der Waals surface area contributed by atoms with Crippen LogP contribution >= 0.6 is 0 Å². The van der Waals surface area contributed by atoms with E-state index in [2.05, 4.69) is 15.2 Å². The molecule has 0 spiro atoms. The predicted octanol–water partition coefficient (Wildman–Crippen LogP) is 3.19. The van der Waals surface area contributed by atoms with E-state index in [0.717, 1.165) is 16.5 Å². The number of H-pyrrole nitrogens is 1. The molecule has 0 bridgehead atoms. The first-order valence-corrected chi connectivity index (χ1v) is 8.70. The van der Waals surface area contributed by atoms with Crippen molar-refractivity contribution < 1.29 is 4.39 Å². The molecule has 0 fully saturated rings. The van der Waals surface area contributed by atoms with Crippen molar-refractivity contribution in [3.63, 3.8) is 0 Å². The number of anilines is 2. The van der Waals surface area contributed by atoms with Crippen molar-refractivity contribution in [1.29, 1.82) is 0 Å². The van der Waals surface area contributed by atoms with Crippen LogP contribution in [0.3, 0.4) is 0 Å². The summed E-state index contributed by atoms with van der Waals surface area (Å²) in [5, 5.41) is 7.97. The van der Waals surface area contributed by atoms with Crippen LogP contribution in [0.2, 0.25) is 0 Å². The Kier molecular flexibility index (Phi) is 4.27. The first-order chi connectivity index (χ1) is 13.4. The number of benzene rings is 2. The van der Waals surface area contributed by atoms with Crippen LogP contribution in [-0.4, -0.2) is 15.2 Å². The van der Waals surface area contributed by atoms with E-state index in [1.807, 2.05) is 25.1 Å². The topological polar surface area (TPSA) is 111 Å². The van der Waals surface area contributed by atoms with Crippen molar-refractivity contribution in [2.75, 3.05) is 11.5 Å². The molecule has 0 radical (unpaired) electrons. The molecule has 2 aromatic carbocycles. The van der Waals surface area contributed by atoms with Crippen LogP contribution in [0.4, 0.5) is 15.9 Å². The summed E-state index contributed by atoms with van der Waals surface area (Å²) in [4.78, 5) is 16.1. The SMILES string of the molecule is Cc1c(-c2cc(F)cc(Cc3n[nH]c(=O)c4ccccc34)c2)cnc(N)c1N. The van der Waals surface area contributed by atoms with E-state index in [-0.39, 0.29) is 17.2 Å². The lowest BCUT2D eigenvalue weighted by Gasteiger charge is -2.12. The second-order valence-corrected chi connectivity index (χ2v) is 6.67. The number of hydrogen-bond acceptors (Lipinski definition) is 5. The number of fused-ring (bicyclic) bond motifs is 1. The summed E-state index contributed by atoms with van der Waals surface area (Å²) in [5.41, 5.74) is 15.3. The quantitative estimate of drug-likeness (QED) is 0.509. The van der Waals surface area contributed by atoms with E-state index in [1.165, 1.54) is 12.1 Å². The molecule has 28 heavy (non-hydrogen) atoms. The summed E-state index contributed by atoms with van der Waals surface area (Å²) >= 11 is 0. The number of halogens is 1. The summed E-state index contributed by atoms with van der Waals surface area (Å²) < 4.78 is 14.4. The number of aromatic amines is 1. The predicted molar refractivity (Wildman–Crippen MR) is 108 cm³/mol. The highest BCUT2D eigenvalue weighted by molar-refractivity contribution is 5.83. The molecule has 2 heterocycles. The average Bonchev–Trinajstić information content (AvgIpc) is 2.68. The zero-order chi connectivity index (χ0) is 19.8. The summed E-state index contributed by atoms with van der Waals surface area (Å²) in [7, 11) is 0. The zero-order valence-corrected chi connectivity index (χ0v) is 15.2. The maximum absolute atomic E-state index is 14.4. The molecule has 0 atom stereocenters. The van der Waals surface area contributed by atoms with Gasteiger partial charge in [-0.25, -0.2) is 14.5 Å². The number of rotatable bonds is 3. The van der Waals surface area contributed by atoms with Gasteiger partial charge in [0.15, 0.2) is 0 Å². The summed E-state index contributed by atoms with van der Waals surface area (Å²) in [6.07, 6.45) is 1.95. The first kappa shape index (κ1) is 17.7. The lowest BCUT2D eigenvalue weighted by Crippen LogP contribution is -2.11. The Morgan fingerprint density at radius 3 is 2.64 bits per heavy atom. The van der Waals surface area contributed by atoms with Gasteiger partial charge < -0.3 is 11.5 Å². The molecule has 7 heteroatoms. The summed E-state index contributed by atoms with van der Waals surface area (Å²) in [6.45, 7) is 1.82. The van der Waals surface area contributed by atoms with Gasteiger partial charge in [-0.05, 0) is 41.8 Å². The Labute approximate surface area is 160 Å². The average molecular weight is 375 g/mol. The number of nitrogens with two attached hydrogens (primary N) is 2. The Bertz CT molecular complexity index is 1270. The van der Waals surface area contributed by atoms with Gasteiger partial charge in [-0.2, -0.15) is 5.10 Å². The Morgan fingerprint density at radius 1 is 1.11 bits per heavy atom. The van der Waals surface area contributed by atoms with E-state index >= 15 is 0 Å². The van der Waals surface area contributed by atoms with Gasteiger partial charge in [0.2, 0.25) is 0 Å². The minimum Gasteiger partial charge on any atom is -0.396 e. The number of nitrogens with zero attached hydrogens (tertiary/aromatic N) is 2. The molecule has 0 saturated heterocycles. The van der Waals surface area contributed by atoms with Crippen LogP contribution in [0, 0.1) is 12.7 Å². The third-order valence-electron chi connectivity index (χ3n) is 4.83. The van der Waals surface area contributed by atoms with Gasteiger partial charge in [-0.15, -0.1) is 0 Å². The van der Waals surface area contributed by atoms with Gasteiger partial charge in [0.05, 0.1) is 16.8 Å². The number of pyridine rings is 1. The van der Waals surface area contributed by atoms with Crippen LogP contribution in [0.5, 0.6) is 0 Å². The molecule has 0 saturated carbocycles. The molecule has 0 aliphatic rings. The van der Waals surface area contributed by atoms with E-state index < -0.39 is 0 Å². The monoisotopic (exact) mass is 375 g/mol.